The molecule has 1 aliphatic heterocycles. The number of anilines is 1. The Hall–Kier alpha value is -2.40. The first kappa shape index (κ1) is 16.5. The second kappa shape index (κ2) is 7.45. The van der Waals surface area contributed by atoms with Crippen LogP contribution in [0.4, 0.5) is 5.69 Å². The molecule has 2 heterocycles. The third kappa shape index (κ3) is 3.74. The average molecular weight is 344 g/mol. The Balaban J connectivity index is 1.67. The van der Waals surface area contributed by atoms with Crippen molar-refractivity contribution in [3.63, 3.8) is 0 Å². The highest BCUT2D eigenvalue weighted by Crippen LogP contribution is 2.25. The number of halogens is 1. The maximum Gasteiger partial charge on any atom is 0.313 e. The summed E-state index contributed by atoms with van der Waals surface area (Å²) >= 11 is 6.21. The second-order valence-electron chi connectivity index (χ2n) is 5.79. The summed E-state index contributed by atoms with van der Waals surface area (Å²) in [5.41, 5.74) is 1.51. The van der Waals surface area contributed by atoms with Crippen molar-refractivity contribution in [1.29, 1.82) is 0 Å². The van der Waals surface area contributed by atoms with Gasteiger partial charge in [0.1, 0.15) is 0 Å². The Bertz CT molecular complexity index is 736. The van der Waals surface area contributed by atoms with Gasteiger partial charge in [-0.15, -0.1) is 0 Å². The monoisotopic (exact) mass is 343 g/mol. The van der Waals surface area contributed by atoms with Crippen LogP contribution in [0.2, 0.25) is 5.02 Å². The molecule has 1 aliphatic rings. The predicted molar refractivity (Wildman–Crippen MR) is 92.8 cm³/mol. The number of hydrogen-bond donors (Lipinski definition) is 1. The summed E-state index contributed by atoms with van der Waals surface area (Å²) in [4.78, 5) is 30.3. The third-order valence-electron chi connectivity index (χ3n) is 4.17. The van der Waals surface area contributed by atoms with Gasteiger partial charge in [-0.05, 0) is 43.0 Å². The van der Waals surface area contributed by atoms with E-state index in [2.05, 4.69) is 10.3 Å². The van der Waals surface area contributed by atoms with E-state index < -0.39 is 11.8 Å². The van der Waals surface area contributed by atoms with Crippen molar-refractivity contribution >= 4 is 29.1 Å². The minimum Gasteiger partial charge on any atom is -0.331 e. The lowest BCUT2D eigenvalue weighted by Gasteiger charge is -2.24. The van der Waals surface area contributed by atoms with E-state index >= 15 is 0 Å². The van der Waals surface area contributed by atoms with Crippen LogP contribution in [0.25, 0.3) is 0 Å². The van der Waals surface area contributed by atoms with Crippen molar-refractivity contribution in [2.45, 2.75) is 25.3 Å². The molecule has 1 fully saturated rings. The van der Waals surface area contributed by atoms with Gasteiger partial charge in [-0.2, -0.15) is 0 Å². The maximum atomic E-state index is 12.5. The molecule has 1 aromatic heterocycles. The average Bonchev–Trinajstić information content (AvgIpc) is 3.05. The van der Waals surface area contributed by atoms with E-state index in [9.17, 15) is 9.59 Å². The first-order valence-electron chi connectivity index (χ1n) is 7.90. The van der Waals surface area contributed by atoms with Crippen LogP contribution in [0.5, 0.6) is 0 Å². The molecule has 1 saturated heterocycles. The highest BCUT2D eigenvalue weighted by Gasteiger charge is 2.32. The van der Waals surface area contributed by atoms with Crippen molar-refractivity contribution < 1.29 is 9.59 Å². The number of amides is 2. The lowest BCUT2D eigenvalue weighted by molar-refractivity contribution is -0.143. The van der Waals surface area contributed by atoms with Gasteiger partial charge in [0.25, 0.3) is 0 Å². The molecule has 3 rings (SSSR count). The molecule has 2 aromatic rings. The molecule has 0 saturated carbocycles. The predicted octanol–water partition coefficient (Wildman–Crippen LogP) is 2.91. The number of nitrogens with zero attached hydrogens (tertiary/aromatic N) is 2. The highest BCUT2D eigenvalue weighted by atomic mass is 35.5. The van der Waals surface area contributed by atoms with E-state index in [1.165, 1.54) is 6.20 Å². The van der Waals surface area contributed by atoms with Gasteiger partial charge in [0.2, 0.25) is 0 Å². The van der Waals surface area contributed by atoms with E-state index in [1.807, 2.05) is 24.3 Å². The Labute approximate surface area is 145 Å². The van der Waals surface area contributed by atoms with Crippen molar-refractivity contribution in [1.82, 2.24) is 9.88 Å². The van der Waals surface area contributed by atoms with E-state index in [-0.39, 0.29) is 6.04 Å². The number of nitrogens with one attached hydrogen (secondary N) is 1. The van der Waals surface area contributed by atoms with E-state index in [0.717, 1.165) is 18.4 Å². The van der Waals surface area contributed by atoms with Gasteiger partial charge >= 0.3 is 11.8 Å². The standard InChI is InChI=1S/C18H18ClN3O2/c19-16-8-2-1-5-13(16)11-15-7-4-10-22(15)18(24)17(23)21-14-6-3-9-20-12-14/h1-3,5-6,8-9,12,15H,4,7,10-11H2,(H,21,23)/t15-/m0/s1. The molecule has 0 radical (unpaired) electrons. The van der Waals surface area contributed by atoms with Crippen molar-refractivity contribution in [3.05, 3.63) is 59.4 Å². The van der Waals surface area contributed by atoms with Gasteiger partial charge in [-0.1, -0.05) is 29.8 Å². The molecule has 124 valence electrons. The molecule has 0 spiro atoms. The smallest absolute Gasteiger partial charge is 0.313 e. The zero-order valence-corrected chi connectivity index (χ0v) is 13.9. The SMILES string of the molecule is O=C(Nc1cccnc1)C(=O)N1CCC[C@H]1Cc1ccccc1Cl. The summed E-state index contributed by atoms with van der Waals surface area (Å²) in [5, 5.41) is 3.29. The van der Waals surface area contributed by atoms with Crippen LogP contribution in [0.1, 0.15) is 18.4 Å². The Kier molecular flexibility index (Phi) is 5.11. The molecule has 1 atom stereocenters. The fourth-order valence-electron chi connectivity index (χ4n) is 2.98. The zero-order chi connectivity index (χ0) is 16.9. The van der Waals surface area contributed by atoms with Gasteiger partial charge in [-0.3, -0.25) is 14.6 Å². The number of likely N-dealkylation sites (tertiary alicyclic amines) is 1. The minimum absolute atomic E-state index is 0.00273. The Morgan fingerprint density at radius 2 is 2.08 bits per heavy atom. The summed E-state index contributed by atoms with van der Waals surface area (Å²) in [5.74, 6) is -1.14. The fourth-order valence-corrected chi connectivity index (χ4v) is 3.20. The maximum absolute atomic E-state index is 12.5. The third-order valence-corrected chi connectivity index (χ3v) is 4.53. The van der Waals surface area contributed by atoms with Gasteiger partial charge in [0.15, 0.2) is 0 Å². The number of carbonyl (C=O) groups is 2. The number of aromatic nitrogens is 1. The van der Waals surface area contributed by atoms with E-state index in [4.69, 9.17) is 11.6 Å². The minimum atomic E-state index is -0.631. The highest BCUT2D eigenvalue weighted by molar-refractivity contribution is 6.39. The number of benzene rings is 1. The van der Waals surface area contributed by atoms with Gasteiger partial charge in [0, 0.05) is 23.8 Å². The van der Waals surface area contributed by atoms with Crippen molar-refractivity contribution in [2.24, 2.45) is 0 Å². The van der Waals surface area contributed by atoms with Gasteiger partial charge in [0.05, 0.1) is 11.9 Å². The summed E-state index contributed by atoms with van der Waals surface area (Å²) in [6, 6.07) is 11.0. The summed E-state index contributed by atoms with van der Waals surface area (Å²) in [6.45, 7) is 0.592. The van der Waals surface area contributed by atoms with Crippen LogP contribution in [0, 0.1) is 0 Å². The molecular formula is C18H18ClN3O2. The van der Waals surface area contributed by atoms with Crippen LogP contribution in [0.3, 0.4) is 0 Å². The second-order valence-corrected chi connectivity index (χ2v) is 6.19. The van der Waals surface area contributed by atoms with Crippen molar-refractivity contribution in [3.8, 4) is 0 Å². The molecule has 1 N–H and O–H groups in total. The molecule has 0 bridgehead atoms. The number of carbonyl (C=O) groups excluding carboxylic acids is 2. The molecule has 5 nitrogen and oxygen atoms in total. The van der Waals surface area contributed by atoms with E-state index in [1.54, 1.807) is 23.2 Å². The molecule has 1 aromatic carbocycles. The molecule has 0 aliphatic carbocycles. The lowest BCUT2D eigenvalue weighted by Crippen LogP contribution is -2.43. The van der Waals surface area contributed by atoms with Crippen LogP contribution in [0.15, 0.2) is 48.8 Å². The Morgan fingerprint density at radius 1 is 1.25 bits per heavy atom. The van der Waals surface area contributed by atoms with Crippen LogP contribution in [-0.2, 0) is 16.0 Å². The lowest BCUT2D eigenvalue weighted by atomic mass is 10.0. The number of hydrogen-bond acceptors (Lipinski definition) is 3. The summed E-state index contributed by atoms with van der Waals surface area (Å²) in [7, 11) is 0. The topological polar surface area (TPSA) is 62.3 Å². The molecular weight excluding hydrogens is 326 g/mol. The largest absolute Gasteiger partial charge is 0.331 e. The van der Waals surface area contributed by atoms with E-state index in [0.29, 0.717) is 23.7 Å². The number of rotatable bonds is 3. The van der Waals surface area contributed by atoms with Gasteiger partial charge in [-0.25, -0.2) is 0 Å². The quantitative estimate of drug-likeness (QED) is 0.872. The van der Waals surface area contributed by atoms with Crippen LogP contribution < -0.4 is 5.32 Å². The fraction of sp³-hybridized carbons (Fsp3) is 0.278. The van der Waals surface area contributed by atoms with Crippen LogP contribution >= 0.6 is 11.6 Å². The van der Waals surface area contributed by atoms with Crippen LogP contribution in [-0.4, -0.2) is 34.3 Å². The molecule has 24 heavy (non-hydrogen) atoms. The molecule has 2 amide bonds. The molecule has 0 unspecified atom stereocenters. The first-order valence-corrected chi connectivity index (χ1v) is 8.28. The molecule has 6 heteroatoms. The summed E-state index contributed by atoms with van der Waals surface area (Å²) < 4.78 is 0. The first-order chi connectivity index (χ1) is 11.6. The number of pyridine rings is 1. The Morgan fingerprint density at radius 3 is 2.83 bits per heavy atom. The summed E-state index contributed by atoms with van der Waals surface area (Å²) in [6.07, 6.45) is 5.54. The van der Waals surface area contributed by atoms with Crippen molar-refractivity contribution in [2.75, 3.05) is 11.9 Å². The normalized spacial score (nSPS) is 16.9. The van der Waals surface area contributed by atoms with Gasteiger partial charge < -0.3 is 10.2 Å². The zero-order valence-electron chi connectivity index (χ0n) is 13.1.